The molecule has 100 valence electrons. The number of hydrogen-bond donors (Lipinski definition) is 1. The predicted octanol–water partition coefficient (Wildman–Crippen LogP) is 1.53. The molecule has 0 amide bonds. The Balaban J connectivity index is 2.14. The van der Waals surface area contributed by atoms with Gasteiger partial charge in [-0.1, -0.05) is 17.7 Å². The lowest BCUT2D eigenvalue weighted by molar-refractivity contribution is -0.137. The van der Waals surface area contributed by atoms with Gasteiger partial charge in [-0.2, -0.15) is 0 Å². The zero-order valence-electron chi connectivity index (χ0n) is 9.75. The fraction of sp³-hybridized carbons (Fsp3) is 0.273. The normalized spacial score (nSPS) is 10.6. The van der Waals surface area contributed by atoms with Crippen molar-refractivity contribution < 1.29 is 14.3 Å². The number of carboxylic acid groups (broad SMARTS) is 1. The molecule has 6 nitrogen and oxygen atoms in total. The van der Waals surface area contributed by atoms with Crippen LogP contribution in [0.4, 0.5) is 4.39 Å². The first kappa shape index (κ1) is 13.4. The molecule has 1 aromatic carbocycles. The van der Waals surface area contributed by atoms with Gasteiger partial charge in [0, 0.05) is 17.0 Å². The summed E-state index contributed by atoms with van der Waals surface area (Å²) in [5, 5.41) is 19.8. The molecule has 0 radical (unpaired) electrons. The number of carbonyl (C=O) groups is 1. The molecule has 0 unspecified atom stereocenters. The molecule has 0 atom stereocenters. The van der Waals surface area contributed by atoms with Crippen LogP contribution in [-0.2, 0) is 17.8 Å². The Bertz CT molecular complexity index is 602. The number of carboxylic acids is 1. The number of aromatic nitrogens is 4. The van der Waals surface area contributed by atoms with E-state index in [1.165, 1.54) is 10.7 Å². The van der Waals surface area contributed by atoms with Gasteiger partial charge in [0.05, 0.1) is 13.0 Å². The Labute approximate surface area is 112 Å². The van der Waals surface area contributed by atoms with Crippen molar-refractivity contribution >= 4 is 17.6 Å². The second-order valence-corrected chi connectivity index (χ2v) is 4.32. The largest absolute Gasteiger partial charge is 0.481 e. The van der Waals surface area contributed by atoms with Crippen molar-refractivity contribution in [2.24, 2.45) is 0 Å². The van der Waals surface area contributed by atoms with Crippen molar-refractivity contribution in [3.05, 3.63) is 40.4 Å². The molecule has 1 N–H and O–H groups in total. The molecule has 0 bridgehead atoms. The molecule has 1 heterocycles. The van der Waals surface area contributed by atoms with Gasteiger partial charge >= 0.3 is 5.97 Å². The van der Waals surface area contributed by atoms with Gasteiger partial charge < -0.3 is 5.11 Å². The molecule has 2 aromatic rings. The summed E-state index contributed by atoms with van der Waals surface area (Å²) in [6, 6.07) is 4.32. The molecule has 0 fully saturated rings. The van der Waals surface area contributed by atoms with Crippen LogP contribution in [0.3, 0.4) is 0 Å². The van der Waals surface area contributed by atoms with Crippen molar-refractivity contribution in [2.45, 2.75) is 19.4 Å². The van der Waals surface area contributed by atoms with Crippen LogP contribution >= 0.6 is 11.6 Å². The minimum Gasteiger partial charge on any atom is -0.481 e. The fourth-order valence-corrected chi connectivity index (χ4v) is 1.71. The number of hydrogen-bond acceptors (Lipinski definition) is 4. The zero-order chi connectivity index (χ0) is 13.8. The van der Waals surface area contributed by atoms with Gasteiger partial charge in [-0.3, -0.25) is 4.79 Å². The molecule has 0 saturated heterocycles. The van der Waals surface area contributed by atoms with Crippen LogP contribution in [0.2, 0.25) is 5.02 Å². The first-order valence-corrected chi connectivity index (χ1v) is 5.85. The van der Waals surface area contributed by atoms with Gasteiger partial charge in [-0.15, -0.1) is 5.10 Å². The highest BCUT2D eigenvalue weighted by atomic mass is 35.5. The van der Waals surface area contributed by atoms with Crippen LogP contribution in [-0.4, -0.2) is 31.3 Å². The highest BCUT2D eigenvalue weighted by Crippen LogP contribution is 2.15. The predicted molar refractivity (Wildman–Crippen MR) is 64.3 cm³/mol. The van der Waals surface area contributed by atoms with Gasteiger partial charge in [-0.05, 0) is 22.6 Å². The number of aliphatic carboxylic acids is 1. The first-order valence-electron chi connectivity index (χ1n) is 5.47. The molecular formula is C11H10ClFN4O2. The van der Waals surface area contributed by atoms with Crippen LogP contribution in [0.25, 0.3) is 0 Å². The Morgan fingerprint density at radius 2 is 2.26 bits per heavy atom. The lowest BCUT2D eigenvalue weighted by atomic mass is 10.2. The molecular weight excluding hydrogens is 275 g/mol. The SMILES string of the molecule is O=C(O)CCc1nnnn1Cc1ccc(Cl)cc1F. The third-order valence-electron chi connectivity index (χ3n) is 2.50. The zero-order valence-corrected chi connectivity index (χ0v) is 10.5. The fourth-order valence-electron chi connectivity index (χ4n) is 1.56. The summed E-state index contributed by atoms with van der Waals surface area (Å²) in [4.78, 5) is 10.5. The minimum absolute atomic E-state index is 0.0799. The average molecular weight is 285 g/mol. The first-order chi connectivity index (χ1) is 9.06. The molecule has 1 aromatic heterocycles. The molecule has 19 heavy (non-hydrogen) atoms. The Morgan fingerprint density at radius 1 is 1.47 bits per heavy atom. The van der Waals surface area contributed by atoms with Gasteiger partial charge in [0.2, 0.25) is 0 Å². The number of benzene rings is 1. The second kappa shape index (κ2) is 5.75. The van der Waals surface area contributed by atoms with E-state index in [1.54, 1.807) is 12.1 Å². The maximum absolute atomic E-state index is 13.6. The summed E-state index contributed by atoms with van der Waals surface area (Å²) < 4.78 is 15.0. The van der Waals surface area contributed by atoms with Crippen LogP contribution in [0, 0.1) is 5.82 Å². The third-order valence-corrected chi connectivity index (χ3v) is 2.74. The number of nitrogens with zero attached hydrogens (tertiary/aromatic N) is 4. The summed E-state index contributed by atoms with van der Waals surface area (Å²) >= 11 is 5.66. The Morgan fingerprint density at radius 3 is 2.95 bits per heavy atom. The lowest BCUT2D eigenvalue weighted by Gasteiger charge is -2.05. The van der Waals surface area contributed by atoms with Crippen LogP contribution in [0.15, 0.2) is 18.2 Å². The standard InChI is InChI=1S/C11H10ClFN4O2/c12-8-2-1-7(9(13)5-8)6-17-10(14-15-16-17)3-4-11(18)19/h1-2,5H,3-4,6H2,(H,18,19). The third kappa shape index (κ3) is 3.47. The van der Waals surface area contributed by atoms with Crippen molar-refractivity contribution in [3.8, 4) is 0 Å². The van der Waals surface area contributed by atoms with E-state index in [4.69, 9.17) is 16.7 Å². The van der Waals surface area contributed by atoms with Crippen molar-refractivity contribution in [1.29, 1.82) is 0 Å². The summed E-state index contributed by atoms with van der Waals surface area (Å²) in [5.74, 6) is -0.990. The topological polar surface area (TPSA) is 80.9 Å². The number of halogens is 2. The van der Waals surface area contributed by atoms with Gasteiger partial charge in [0.15, 0.2) is 5.82 Å². The second-order valence-electron chi connectivity index (χ2n) is 3.88. The quantitative estimate of drug-likeness (QED) is 0.900. The summed E-state index contributed by atoms with van der Waals surface area (Å²) in [5.41, 5.74) is 0.383. The van der Waals surface area contributed by atoms with Gasteiger partial charge in [0.1, 0.15) is 5.82 Å². The number of tetrazole rings is 1. The Kier molecular flexibility index (Phi) is 4.06. The van der Waals surface area contributed by atoms with E-state index in [2.05, 4.69) is 15.5 Å². The summed E-state index contributed by atoms with van der Waals surface area (Å²) in [6.07, 6.45) is 0.112. The van der Waals surface area contributed by atoms with E-state index in [0.717, 1.165) is 0 Å². The van der Waals surface area contributed by atoms with Crippen LogP contribution in [0.1, 0.15) is 17.8 Å². The summed E-state index contributed by atoms with van der Waals surface area (Å²) in [7, 11) is 0. The molecule has 0 aliphatic rings. The molecule has 8 heteroatoms. The number of aryl methyl sites for hydroxylation is 1. The number of rotatable bonds is 5. The van der Waals surface area contributed by atoms with Gasteiger partial charge in [-0.25, -0.2) is 9.07 Å². The van der Waals surface area contributed by atoms with E-state index in [0.29, 0.717) is 16.4 Å². The highest BCUT2D eigenvalue weighted by Gasteiger charge is 2.11. The highest BCUT2D eigenvalue weighted by molar-refractivity contribution is 6.30. The van der Waals surface area contributed by atoms with Crippen LogP contribution in [0.5, 0.6) is 0 Å². The Hall–Kier alpha value is -2.02. The molecule has 0 spiro atoms. The lowest BCUT2D eigenvalue weighted by Crippen LogP contribution is -2.10. The molecule has 0 aliphatic heterocycles. The van der Waals surface area contributed by atoms with Crippen molar-refractivity contribution in [3.63, 3.8) is 0 Å². The van der Waals surface area contributed by atoms with E-state index >= 15 is 0 Å². The van der Waals surface area contributed by atoms with E-state index in [9.17, 15) is 9.18 Å². The maximum atomic E-state index is 13.6. The average Bonchev–Trinajstić information content (AvgIpc) is 2.77. The van der Waals surface area contributed by atoms with Crippen LogP contribution < -0.4 is 0 Å². The monoisotopic (exact) mass is 284 g/mol. The van der Waals surface area contributed by atoms with Gasteiger partial charge in [0.25, 0.3) is 0 Å². The molecule has 0 saturated carbocycles. The molecule has 0 aliphatic carbocycles. The van der Waals surface area contributed by atoms with E-state index < -0.39 is 11.8 Å². The minimum atomic E-state index is -0.938. The van der Waals surface area contributed by atoms with Crippen molar-refractivity contribution in [1.82, 2.24) is 20.2 Å². The van der Waals surface area contributed by atoms with E-state index in [1.807, 2.05) is 0 Å². The summed E-state index contributed by atoms with van der Waals surface area (Å²) in [6.45, 7) is 0.130. The van der Waals surface area contributed by atoms with E-state index in [-0.39, 0.29) is 19.4 Å². The smallest absolute Gasteiger partial charge is 0.303 e. The maximum Gasteiger partial charge on any atom is 0.303 e. The van der Waals surface area contributed by atoms with Crippen molar-refractivity contribution in [2.75, 3.05) is 0 Å². The molecule has 2 rings (SSSR count).